The van der Waals surface area contributed by atoms with Crippen LogP contribution in [0.1, 0.15) is 23.1 Å². The van der Waals surface area contributed by atoms with Gasteiger partial charge in [0.2, 0.25) is 0 Å². The first-order valence-corrected chi connectivity index (χ1v) is 9.74. The molecule has 0 saturated carbocycles. The highest BCUT2D eigenvalue weighted by Gasteiger charge is 2.20. The number of aromatic nitrogens is 2. The predicted molar refractivity (Wildman–Crippen MR) is 116 cm³/mol. The van der Waals surface area contributed by atoms with E-state index in [2.05, 4.69) is 10.3 Å². The number of aryl methyl sites for hydroxylation is 1. The van der Waals surface area contributed by atoms with Crippen LogP contribution in [0, 0.1) is 12.7 Å². The van der Waals surface area contributed by atoms with E-state index in [0.717, 1.165) is 17.0 Å². The zero-order valence-corrected chi connectivity index (χ0v) is 17.0. The molecule has 0 aliphatic carbocycles. The van der Waals surface area contributed by atoms with Crippen molar-refractivity contribution >= 4 is 28.6 Å². The van der Waals surface area contributed by atoms with Crippen molar-refractivity contribution < 1.29 is 18.7 Å². The number of halogens is 1. The minimum Gasteiger partial charge on any atom is -0.449 e. The molecular weight excluding hydrogens is 397 g/mol. The zero-order valence-electron chi connectivity index (χ0n) is 17.0. The van der Waals surface area contributed by atoms with Crippen molar-refractivity contribution in [3.63, 3.8) is 0 Å². The number of carbonyl (C=O) groups is 2. The van der Waals surface area contributed by atoms with E-state index in [-0.39, 0.29) is 0 Å². The van der Waals surface area contributed by atoms with Gasteiger partial charge in [0.05, 0.1) is 16.6 Å². The molecule has 0 aliphatic rings. The molecule has 31 heavy (non-hydrogen) atoms. The summed E-state index contributed by atoms with van der Waals surface area (Å²) in [4.78, 5) is 29.4. The Kier molecular flexibility index (Phi) is 5.49. The van der Waals surface area contributed by atoms with Crippen molar-refractivity contribution in [3.05, 3.63) is 90.0 Å². The van der Waals surface area contributed by atoms with Crippen LogP contribution in [0.2, 0.25) is 0 Å². The molecule has 1 N–H and O–H groups in total. The third-order valence-electron chi connectivity index (χ3n) is 4.84. The van der Waals surface area contributed by atoms with Crippen LogP contribution in [0.15, 0.2) is 72.8 Å². The summed E-state index contributed by atoms with van der Waals surface area (Å²) in [6.45, 7) is 3.37. The lowest BCUT2D eigenvalue weighted by molar-refractivity contribution is -0.123. The van der Waals surface area contributed by atoms with Crippen LogP contribution in [0.3, 0.4) is 0 Å². The molecule has 3 aromatic carbocycles. The Morgan fingerprint density at radius 2 is 1.74 bits per heavy atom. The maximum absolute atomic E-state index is 13.0. The fourth-order valence-corrected chi connectivity index (χ4v) is 3.29. The number of carbonyl (C=O) groups excluding carboxylic acids is 2. The monoisotopic (exact) mass is 417 g/mol. The van der Waals surface area contributed by atoms with Crippen LogP contribution in [0.4, 0.5) is 10.1 Å². The summed E-state index contributed by atoms with van der Waals surface area (Å²) in [6, 6.07) is 20.2. The van der Waals surface area contributed by atoms with Gasteiger partial charge in [-0.3, -0.25) is 9.36 Å². The second kappa shape index (κ2) is 8.39. The highest BCUT2D eigenvalue weighted by Crippen LogP contribution is 2.23. The van der Waals surface area contributed by atoms with Gasteiger partial charge in [0, 0.05) is 11.4 Å². The molecule has 1 atom stereocenters. The summed E-state index contributed by atoms with van der Waals surface area (Å²) in [5.41, 5.74) is 3.20. The van der Waals surface area contributed by atoms with Crippen LogP contribution in [-0.4, -0.2) is 27.5 Å². The minimum absolute atomic E-state index is 0.298. The third kappa shape index (κ3) is 4.30. The Morgan fingerprint density at radius 1 is 1.03 bits per heavy atom. The largest absolute Gasteiger partial charge is 0.449 e. The molecular formula is C24H20FN3O3. The molecule has 0 unspecified atom stereocenters. The number of nitrogens with zero attached hydrogens (tertiary/aromatic N) is 2. The van der Waals surface area contributed by atoms with Crippen molar-refractivity contribution in [2.24, 2.45) is 0 Å². The van der Waals surface area contributed by atoms with Gasteiger partial charge in [0.1, 0.15) is 11.6 Å². The van der Waals surface area contributed by atoms with Gasteiger partial charge < -0.3 is 10.1 Å². The Labute approximate surface area is 178 Å². The summed E-state index contributed by atoms with van der Waals surface area (Å²) in [6.07, 6.45) is -1.03. The summed E-state index contributed by atoms with van der Waals surface area (Å²) in [5, 5.41) is 2.59. The number of hydrogen-bond donors (Lipinski definition) is 1. The van der Waals surface area contributed by atoms with Crippen molar-refractivity contribution in [3.8, 4) is 5.69 Å². The average Bonchev–Trinajstić information content (AvgIpc) is 3.10. The lowest BCUT2D eigenvalue weighted by Gasteiger charge is -2.13. The van der Waals surface area contributed by atoms with Crippen LogP contribution in [0.25, 0.3) is 16.7 Å². The second-order valence-electron chi connectivity index (χ2n) is 7.08. The molecule has 1 aromatic heterocycles. The smallest absolute Gasteiger partial charge is 0.338 e. The molecule has 0 aliphatic heterocycles. The van der Waals surface area contributed by atoms with Crippen LogP contribution in [0.5, 0.6) is 0 Å². The Hall–Kier alpha value is -4.00. The number of fused-ring (bicyclic) bond motifs is 1. The summed E-state index contributed by atoms with van der Waals surface area (Å²) in [5.74, 6) is -0.752. The molecule has 7 heteroatoms. The van der Waals surface area contributed by atoms with E-state index < -0.39 is 23.8 Å². The van der Waals surface area contributed by atoms with Gasteiger partial charge in [0.25, 0.3) is 5.91 Å². The van der Waals surface area contributed by atoms with Crippen LogP contribution >= 0.6 is 0 Å². The molecule has 4 aromatic rings. The lowest BCUT2D eigenvalue weighted by atomic mass is 10.2. The standard InChI is InChI=1S/C24H20FN3O3/c1-15(23(29)27-19-11-9-18(25)10-12-19)31-24(30)17-8-13-22-21(14-17)26-16(2)28(22)20-6-4-3-5-7-20/h3-15H,1-2H3,(H,27,29)/t15-/m1/s1. The fourth-order valence-electron chi connectivity index (χ4n) is 3.29. The fraction of sp³-hybridized carbons (Fsp3) is 0.125. The number of imidazole rings is 1. The maximum atomic E-state index is 13.0. The van der Waals surface area contributed by atoms with E-state index in [4.69, 9.17) is 4.74 Å². The van der Waals surface area contributed by atoms with Crippen LogP contribution in [-0.2, 0) is 9.53 Å². The Balaban J connectivity index is 1.50. The van der Waals surface area contributed by atoms with Crippen molar-refractivity contribution in [1.29, 1.82) is 0 Å². The van der Waals surface area contributed by atoms with Gasteiger partial charge in [-0.15, -0.1) is 0 Å². The van der Waals surface area contributed by atoms with Gasteiger partial charge in [-0.25, -0.2) is 14.2 Å². The second-order valence-corrected chi connectivity index (χ2v) is 7.08. The topological polar surface area (TPSA) is 73.2 Å². The number of esters is 1. The molecule has 156 valence electrons. The SMILES string of the molecule is Cc1nc2cc(C(=O)O[C@H](C)C(=O)Nc3ccc(F)cc3)ccc2n1-c1ccccc1. The highest BCUT2D eigenvalue weighted by atomic mass is 19.1. The van der Waals surface area contributed by atoms with Crippen LogP contribution < -0.4 is 5.32 Å². The van der Waals surface area contributed by atoms with Crippen molar-refractivity contribution in [2.45, 2.75) is 20.0 Å². The number of hydrogen-bond acceptors (Lipinski definition) is 4. The number of anilines is 1. The highest BCUT2D eigenvalue weighted by molar-refractivity contribution is 5.98. The number of para-hydroxylation sites is 1. The summed E-state index contributed by atoms with van der Waals surface area (Å²) in [7, 11) is 0. The molecule has 4 rings (SSSR count). The van der Waals surface area contributed by atoms with Gasteiger partial charge in [0.15, 0.2) is 6.10 Å². The van der Waals surface area contributed by atoms with E-state index in [0.29, 0.717) is 16.8 Å². The lowest BCUT2D eigenvalue weighted by Crippen LogP contribution is -2.30. The van der Waals surface area contributed by atoms with E-state index in [1.54, 1.807) is 12.1 Å². The Morgan fingerprint density at radius 3 is 2.45 bits per heavy atom. The molecule has 0 radical (unpaired) electrons. The number of ether oxygens (including phenoxy) is 1. The average molecular weight is 417 g/mol. The first kappa shape index (κ1) is 20.3. The van der Waals surface area contributed by atoms with Crippen molar-refractivity contribution in [1.82, 2.24) is 9.55 Å². The van der Waals surface area contributed by atoms with E-state index in [9.17, 15) is 14.0 Å². The van der Waals surface area contributed by atoms with E-state index in [1.165, 1.54) is 31.2 Å². The number of benzene rings is 3. The molecule has 1 amide bonds. The zero-order chi connectivity index (χ0) is 22.0. The third-order valence-corrected chi connectivity index (χ3v) is 4.84. The number of amides is 1. The quantitative estimate of drug-likeness (QED) is 0.480. The number of rotatable bonds is 5. The molecule has 1 heterocycles. The first-order valence-electron chi connectivity index (χ1n) is 9.74. The summed E-state index contributed by atoms with van der Waals surface area (Å²) < 4.78 is 20.3. The van der Waals surface area contributed by atoms with E-state index >= 15 is 0 Å². The Bertz CT molecular complexity index is 1250. The molecule has 0 bridgehead atoms. The maximum Gasteiger partial charge on any atom is 0.338 e. The van der Waals surface area contributed by atoms with Gasteiger partial charge in [-0.1, -0.05) is 18.2 Å². The van der Waals surface area contributed by atoms with Gasteiger partial charge in [-0.05, 0) is 68.4 Å². The molecule has 0 spiro atoms. The normalized spacial score (nSPS) is 11.8. The molecule has 0 fully saturated rings. The molecule has 0 saturated heterocycles. The molecule has 6 nitrogen and oxygen atoms in total. The predicted octanol–water partition coefficient (Wildman–Crippen LogP) is 4.66. The summed E-state index contributed by atoms with van der Waals surface area (Å²) >= 11 is 0. The van der Waals surface area contributed by atoms with Gasteiger partial charge in [-0.2, -0.15) is 0 Å². The van der Waals surface area contributed by atoms with Gasteiger partial charge >= 0.3 is 5.97 Å². The first-order chi connectivity index (χ1) is 14.9. The minimum atomic E-state index is -1.03. The van der Waals surface area contributed by atoms with E-state index in [1.807, 2.05) is 47.9 Å². The van der Waals surface area contributed by atoms with Crippen molar-refractivity contribution in [2.75, 3.05) is 5.32 Å². The number of nitrogens with one attached hydrogen (secondary N) is 1.